The van der Waals surface area contributed by atoms with Gasteiger partial charge in [-0.3, -0.25) is 0 Å². The number of nitrogens with one attached hydrogen (secondary N) is 1. The molecule has 0 aliphatic heterocycles. The molecule has 1 nitrogen and oxygen atoms in total. The first-order valence-corrected chi connectivity index (χ1v) is 8.86. The molecule has 0 fully saturated rings. The van der Waals surface area contributed by atoms with Crippen LogP contribution in [0.5, 0.6) is 0 Å². The first-order valence-electron chi connectivity index (χ1n) is 7.25. The van der Waals surface area contributed by atoms with Crippen molar-refractivity contribution in [1.29, 1.82) is 0 Å². The number of thiophene rings is 1. The normalized spacial score (nSPS) is 12.6. The quantitative estimate of drug-likeness (QED) is 0.674. The summed E-state index contributed by atoms with van der Waals surface area (Å²) in [5.41, 5.74) is 2.81. The Bertz CT molecular complexity index is 518. The maximum atomic E-state index is 3.58. The topological polar surface area (TPSA) is 12.0 Å². The van der Waals surface area contributed by atoms with Gasteiger partial charge in [0.2, 0.25) is 0 Å². The first-order chi connectivity index (χ1) is 9.69. The Balaban J connectivity index is 1.86. The van der Waals surface area contributed by atoms with Crippen molar-refractivity contribution in [3.63, 3.8) is 0 Å². The molecule has 1 unspecified atom stereocenters. The third-order valence-electron chi connectivity index (χ3n) is 3.51. The van der Waals surface area contributed by atoms with Crippen LogP contribution in [0.15, 0.2) is 40.2 Å². The summed E-state index contributed by atoms with van der Waals surface area (Å²) in [6, 6.07) is 13.7. The van der Waals surface area contributed by atoms with E-state index in [2.05, 4.69) is 71.5 Å². The summed E-state index contributed by atoms with van der Waals surface area (Å²) in [6.45, 7) is 5.39. The van der Waals surface area contributed by atoms with Crippen LogP contribution in [-0.2, 0) is 13.0 Å². The number of hydrogen-bond donors (Lipinski definition) is 1. The Hall–Kier alpha value is -0.640. The molecule has 0 spiro atoms. The Labute approximate surface area is 134 Å². The minimum absolute atomic E-state index is 0.385. The molecule has 20 heavy (non-hydrogen) atoms. The summed E-state index contributed by atoms with van der Waals surface area (Å²) in [7, 11) is 0. The zero-order valence-electron chi connectivity index (χ0n) is 12.2. The monoisotopic (exact) mass is 351 g/mol. The minimum Gasteiger partial charge on any atom is -0.305 e. The number of hydrogen-bond acceptors (Lipinski definition) is 2. The van der Waals surface area contributed by atoms with Crippen LogP contribution in [-0.4, -0.2) is 0 Å². The van der Waals surface area contributed by atoms with E-state index >= 15 is 0 Å². The Morgan fingerprint density at radius 1 is 1.15 bits per heavy atom. The van der Waals surface area contributed by atoms with E-state index < -0.39 is 0 Å². The molecule has 3 heteroatoms. The van der Waals surface area contributed by atoms with E-state index in [9.17, 15) is 0 Å². The van der Waals surface area contributed by atoms with Crippen molar-refractivity contribution in [2.75, 3.05) is 0 Å². The second-order valence-electron chi connectivity index (χ2n) is 5.15. The summed E-state index contributed by atoms with van der Waals surface area (Å²) in [5, 5.41) is 3.58. The van der Waals surface area contributed by atoms with Gasteiger partial charge < -0.3 is 5.32 Å². The summed E-state index contributed by atoms with van der Waals surface area (Å²) < 4.78 is 1.20. The van der Waals surface area contributed by atoms with Crippen LogP contribution in [0.1, 0.15) is 48.7 Å². The molecule has 1 N–H and O–H groups in total. The maximum Gasteiger partial charge on any atom is 0.0701 e. The molecule has 1 aromatic heterocycles. The van der Waals surface area contributed by atoms with E-state index in [4.69, 9.17) is 0 Å². The van der Waals surface area contributed by atoms with Gasteiger partial charge >= 0.3 is 0 Å². The van der Waals surface area contributed by atoms with Crippen molar-refractivity contribution < 1.29 is 0 Å². The van der Waals surface area contributed by atoms with Crippen molar-refractivity contribution in [1.82, 2.24) is 5.32 Å². The fraction of sp³-hybridized carbons (Fsp3) is 0.412. The fourth-order valence-electron chi connectivity index (χ4n) is 2.17. The molecule has 0 amide bonds. The van der Waals surface area contributed by atoms with Crippen molar-refractivity contribution in [2.24, 2.45) is 0 Å². The molecule has 0 aliphatic carbocycles. The highest BCUT2D eigenvalue weighted by Gasteiger charge is 2.06. The van der Waals surface area contributed by atoms with Crippen molar-refractivity contribution in [2.45, 2.75) is 45.7 Å². The highest BCUT2D eigenvalue weighted by molar-refractivity contribution is 9.11. The SMILES string of the molecule is CCCCc1ccc(C(C)NCc2ccc(Br)s2)cc1. The molecule has 1 atom stereocenters. The van der Waals surface area contributed by atoms with Crippen molar-refractivity contribution >= 4 is 27.3 Å². The van der Waals surface area contributed by atoms with Gasteiger partial charge in [-0.1, -0.05) is 37.6 Å². The van der Waals surface area contributed by atoms with Gasteiger partial charge in [0, 0.05) is 17.5 Å². The van der Waals surface area contributed by atoms with Crippen LogP contribution in [0.3, 0.4) is 0 Å². The van der Waals surface area contributed by atoms with E-state index in [1.54, 1.807) is 11.3 Å². The third-order valence-corrected chi connectivity index (χ3v) is 5.13. The molecule has 0 radical (unpaired) electrons. The second-order valence-corrected chi connectivity index (χ2v) is 7.70. The van der Waals surface area contributed by atoms with Crippen LogP contribution >= 0.6 is 27.3 Å². The molecule has 2 aromatic rings. The lowest BCUT2D eigenvalue weighted by molar-refractivity contribution is 0.578. The van der Waals surface area contributed by atoms with E-state index in [-0.39, 0.29) is 0 Å². The van der Waals surface area contributed by atoms with Gasteiger partial charge in [0.25, 0.3) is 0 Å². The van der Waals surface area contributed by atoms with Crippen LogP contribution < -0.4 is 5.32 Å². The van der Waals surface area contributed by atoms with Gasteiger partial charge in [-0.15, -0.1) is 11.3 Å². The third kappa shape index (κ3) is 4.72. The zero-order chi connectivity index (χ0) is 14.4. The average Bonchev–Trinajstić information content (AvgIpc) is 2.89. The molecular formula is C17H22BrNS. The van der Waals surface area contributed by atoms with Gasteiger partial charge in [-0.05, 0) is 59.0 Å². The minimum atomic E-state index is 0.385. The van der Waals surface area contributed by atoms with E-state index in [1.165, 1.54) is 39.1 Å². The van der Waals surface area contributed by atoms with Crippen LogP contribution in [0.2, 0.25) is 0 Å². The highest BCUT2D eigenvalue weighted by Crippen LogP contribution is 2.23. The second kappa shape index (κ2) is 7.96. The average molecular weight is 352 g/mol. The fourth-order valence-corrected chi connectivity index (χ4v) is 3.61. The van der Waals surface area contributed by atoms with Gasteiger partial charge in [0.1, 0.15) is 0 Å². The number of benzene rings is 1. The molecule has 0 aliphatic rings. The number of aryl methyl sites for hydroxylation is 1. The van der Waals surface area contributed by atoms with Crippen LogP contribution in [0, 0.1) is 0 Å². The molecule has 1 heterocycles. The Kier molecular flexibility index (Phi) is 6.27. The Morgan fingerprint density at radius 3 is 2.50 bits per heavy atom. The van der Waals surface area contributed by atoms with Gasteiger partial charge in [-0.2, -0.15) is 0 Å². The Morgan fingerprint density at radius 2 is 1.90 bits per heavy atom. The van der Waals surface area contributed by atoms with E-state index in [1.807, 2.05) is 0 Å². The van der Waals surface area contributed by atoms with Gasteiger partial charge in [0.15, 0.2) is 0 Å². The standard InChI is InChI=1S/C17H22BrNS/c1-3-4-5-14-6-8-15(9-7-14)13(2)19-12-16-10-11-17(18)20-16/h6-11,13,19H,3-5,12H2,1-2H3. The number of unbranched alkanes of at least 4 members (excludes halogenated alkanes) is 1. The molecule has 0 saturated carbocycles. The first kappa shape index (κ1) is 15.7. The predicted octanol–water partition coefficient (Wildman–Crippen LogP) is 5.70. The van der Waals surface area contributed by atoms with Gasteiger partial charge in [-0.25, -0.2) is 0 Å². The van der Waals surface area contributed by atoms with E-state index in [0.717, 1.165) is 6.54 Å². The summed E-state index contributed by atoms with van der Waals surface area (Å²) in [5.74, 6) is 0. The molecule has 0 saturated heterocycles. The van der Waals surface area contributed by atoms with Crippen LogP contribution in [0.4, 0.5) is 0 Å². The largest absolute Gasteiger partial charge is 0.305 e. The summed E-state index contributed by atoms with van der Waals surface area (Å²) in [4.78, 5) is 1.36. The molecule has 1 aromatic carbocycles. The molecule has 0 bridgehead atoms. The number of rotatable bonds is 7. The number of halogens is 1. The van der Waals surface area contributed by atoms with Gasteiger partial charge in [0.05, 0.1) is 3.79 Å². The smallest absolute Gasteiger partial charge is 0.0701 e. The highest BCUT2D eigenvalue weighted by atomic mass is 79.9. The molecular weight excluding hydrogens is 330 g/mol. The lowest BCUT2D eigenvalue weighted by Gasteiger charge is -2.14. The molecule has 108 valence electrons. The molecule has 2 rings (SSSR count). The van der Waals surface area contributed by atoms with Crippen LogP contribution in [0.25, 0.3) is 0 Å². The zero-order valence-corrected chi connectivity index (χ0v) is 14.6. The van der Waals surface area contributed by atoms with Crippen molar-refractivity contribution in [3.8, 4) is 0 Å². The summed E-state index contributed by atoms with van der Waals surface area (Å²) >= 11 is 5.29. The lowest BCUT2D eigenvalue weighted by atomic mass is 10.0. The maximum absolute atomic E-state index is 3.58. The van der Waals surface area contributed by atoms with E-state index in [0.29, 0.717) is 6.04 Å². The van der Waals surface area contributed by atoms with Crippen molar-refractivity contribution in [3.05, 3.63) is 56.2 Å². The predicted molar refractivity (Wildman–Crippen MR) is 92.3 cm³/mol. The summed E-state index contributed by atoms with van der Waals surface area (Å²) in [6.07, 6.45) is 3.73. The lowest BCUT2D eigenvalue weighted by Crippen LogP contribution is -2.17.